The zero-order valence-electron chi connectivity index (χ0n) is 9.77. The number of halogens is 1. The Morgan fingerprint density at radius 3 is 2.94 bits per heavy atom. The maximum Gasteiger partial charge on any atom is 0.373 e. The molecule has 1 N–H and O–H groups in total. The molecule has 0 saturated carbocycles. The van der Waals surface area contributed by atoms with Crippen molar-refractivity contribution in [2.45, 2.75) is 6.54 Å². The third-order valence-corrected chi connectivity index (χ3v) is 2.57. The molecule has 0 spiro atoms. The number of benzene rings is 1. The van der Waals surface area contributed by atoms with Gasteiger partial charge >= 0.3 is 5.97 Å². The minimum absolute atomic E-state index is 0.195. The Balaban J connectivity index is 1.98. The first-order valence-corrected chi connectivity index (χ1v) is 5.73. The molecule has 2 rings (SSSR count). The van der Waals surface area contributed by atoms with Gasteiger partial charge < -0.3 is 14.5 Å². The molecular formula is C13H12ClNO3. The van der Waals surface area contributed by atoms with E-state index in [1.165, 1.54) is 7.11 Å². The molecule has 4 nitrogen and oxygen atoms in total. The van der Waals surface area contributed by atoms with E-state index in [-0.39, 0.29) is 5.76 Å². The molecule has 1 aromatic heterocycles. The van der Waals surface area contributed by atoms with Gasteiger partial charge in [-0.15, -0.1) is 0 Å². The van der Waals surface area contributed by atoms with E-state index in [1.54, 1.807) is 18.2 Å². The molecule has 1 heterocycles. The van der Waals surface area contributed by atoms with Gasteiger partial charge in [0, 0.05) is 10.7 Å². The van der Waals surface area contributed by atoms with Crippen molar-refractivity contribution in [2.75, 3.05) is 12.4 Å². The highest BCUT2D eigenvalue weighted by molar-refractivity contribution is 6.30. The molecule has 2 aromatic rings. The van der Waals surface area contributed by atoms with Crippen LogP contribution in [-0.4, -0.2) is 13.1 Å². The number of hydrogen-bond donors (Lipinski definition) is 1. The normalized spacial score (nSPS) is 10.1. The average molecular weight is 266 g/mol. The second-order valence-electron chi connectivity index (χ2n) is 3.62. The van der Waals surface area contributed by atoms with Gasteiger partial charge in [0.05, 0.1) is 13.7 Å². The zero-order chi connectivity index (χ0) is 13.0. The summed E-state index contributed by atoms with van der Waals surface area (Å²) in [7, 11) is 1.31. The monoisotopic (exact) mass is 265 g/mol. The third kappa shape index (κ3) is 3.05. The van der Waals surface area contributed by atoms with Crippen LogP contribution in [0.25, 0.3) is 0 Å². The van der Waals surface area contributed by atoms with E-state index in [0.29, 0.717) is 17.3 Å². The summed E-state index contributed by atoms with van der Waals surface area (Å²) in [5.74, 6) is 0.361. The zero-order valence-corrected chi connectivity index (χ0v) is 10.5. The van der Waals surface area contributed by atoms with Crippen molar-refractivity contribution in [2.24, 2.45) is 0 Å². The molecule has 0 radical (unpaired) electrons. The van der Waals surface area contributed by atoms with Crippen LogP contribution in [0.1, 0.15) is 16.3 Å². The Morgan fingerprint density at radius 1 is 1.39 bits per heavy atom. The Bertz CT molecular complexity index is 551. The predicted octanol–water partition coefficient (Wildman–Crippen LogP) is 3.33. The molecule has 0 saturated heterocycles. The van der Waals surface area contributed by atoms with Crippen molar-refractivity contribution in [3.05, 3.63) is 52.9 Å². The first-order chi connectivity index (χ1) is 8.69. The SMILES string of the molecule is COC(=O)c1ccc(CNc2cccc(Cl)c2)o1. The van der Waals surface area contributed by atoms with E-state index in [1.807, 2.05) is 18.2 Å². The molecule has 0 aliphatic heterocycles. The number of carbonyl (C=O) groups excluding carboxylic acids is 1. The van der Waals surface area contributed by atoms with Gasteiger partial charge in [-0.1, -0.05) is 17.7 Å². The maximum atomic E-state index is 11.2. The topological polar surface area (TPSA) is 51.5 Å². The van der Waals surface area contributed by atoms with E-state index < -0.39 is 5.97 Å². The van der Waals surface area contributed by atoms with Crippen molar-refractivity contribution < 1.29 is 13.9 Å². The first-order valence-electron chi connectivity index (χ1n) is 5.35. The van der Waals surface area contributed by atoms with Gasteiger partial charge in [0.25, 0.3) is 0 Å². The van der Waals surface area contributed by atoms with Gasteiger partial charge in [-0.3, -0.25) is 0 Å². The number of furan rings is 1. The van der Waals surface area contributed by atoms with Crippen LogP contribution in [0.2, 0.25) is 5.02 Å². The standard InChI is InChI=1S/C13H12ClNO3/c1-17-13(16)12-6-5-11(18-12)8-15-10-4-2-3-9(14)7-10/h2-7,15H,8H2,1H3. The number of rotatable bonds is 4. The molecule has 0 fully saturated rings. The fourth-order valence-electron chi connectivity index (χ4n) is 1.47. The van der Waals surface area contributed by atoms with Crippen molar-refractivity contribution >= 4 is 23.3 Å². The highest BCUT2D eigenvalue weighted by Gasteiger charge is 2.10. The number of carbonyl (C=O) groups is 1. The highest BCUT2D eigenvalue weighted by atomic mass is 35.5. The lowest BCUT2D eigenvalue weighted by Crippen LogP contribution is -2.00. The van der Waals surface area contributed by atoms with Crippen LogP contribution in [0.15, 0.2) is 40.8 Å². The molecule has 0 amide bonds. The summed E-state index contributed by atoms with van der Waals surface area (Å²) in [6.45, 7) is 0.470. The summed E-state index contributed by atoms with van der Waals surface area (Å²) in [6, 6.07) is 10.7. The van der Waals surface area contributed by atoms with Gasteiger partial charge in [-0.2, -0.15) is 0 Å². The van der Waals surface area contributed by atoms with E-state index in [2.05, 4.69) is 10.1 Å². The minimum atomic E-state index is -0.482. The summed E-state index contributed by atoms with van der Waals surface area (Å²) in [5, 5.41) is 3.80. The van der Waals surface area contributed by atoms with Gasteiger partial charge in [0.1, 0.15) is 5.76 Å². The lowest BCUT2D eigenvalue weighted by atomic mass is 10.3. The summed E-state index contributed by atoms with van der Waals surface area (Å²) in [5.41, 5.74) is 0.888. The lowest BCUT2D eigenvalue weighted by Gasteiger charge is -2.04. The number of anilines is 1. The number of methoxy groups -OCH3 is 1. The molecule has 0 aliphatic rings. The fourth-order valence-corrected chi connectivity index (χ4v) is 1.66. The van der Waals surface area contributed by atoms with Crippen LogP contribution < -0.4 is 5.32 Å². The summed E-state index contributed by atoms with van der Waals surface area (Å²) in [6.07, 6.45) is 0. The van der Waals surface area contributed by atoms with Crippen molar-refractivity contribution in [1.82, 2.24) is 0 Å². The molecule has 0 aliphatic carbocycles. The van der Waals surface area contributed by atoms with Crippen LogP contribution >= 0.6 is 11.6 Å². The quantitative estimate of drug-likeness (QED) is 0.862. The second kappa shape index (κ2) is 5.60. The largest absolute Gasteiger partial charge is 0.463 e. The smallest absolute Gasteiger partial charge is 0.373 e. The molecule has 0 bridgehead atoms. The molecule has 94 valence electrons. The number of ether oxygens (including phenoxy) is 1. The van der Waals surface area contributed by atoms with Crippen LogP contribution in [0.4, 0.5) is 5.69 Å². The third-order valence-electron chi connectivity index (χ3n) is 2.34. The van der Waals surface area contributed by atoms with Gasteiger partial charge in [0.15, 0.2) is 0 Å². The predicted molar refractivity (Wildman–Crippen MR) is 68.8 cm³/mol. The van der Waals surface area contributed by atoms with Gasteiger partial charge in [-0.05, 0) is 30.3 Å². The second-order valence-corrected chi connectivity index (χ2v) is 4.06. The lowest BCUT2D eigenvalue weighted by molar-refractivity contribution is 0.0563. The van der Waals surface area contributed by atoms with Crippen molar-refractivity contribution in [3.8, 4) is 0 Å². The van der Waals surface area contributed by atoms with Crippen LogP contribution in [0.3, 0.4) is 0 Å². The Hall–Kier alpha value is -1.94. The summed E-state index contributed by atoms with van der Waals surface area (Å²) < 4.78 is 9.88. The van der Waals surface area contributed by atoms with E-state index in [9.17, 15) is 4.79 Å². The fraction of sp³-hybridized carbons (Fsp3) is 0.154. The molecule has 5 heteroatoms. The highest BCUT2D eigenvalue weighted by Crippen LogP contribution is 2.16. The molecule has 0 unspecified atom stereocenters. The van der Waals surface area contributed by atoms with Gasteiger partial charge in [-0.25, -0.2) is 4.79 Å². The van der Waals surface area contributed by atoms with E-state index >= 15 is 0 Å². The molecule has 1 aromatic carbocycles. The maximum absolute atomic E-state index is 11.2. The van der Waals surface area contributed by atoms with Crippen LogP contribution in [0.5, 0.6) is 0 Å². The number of hydrogen-bond acceptors (Lipinski definition) is 4. The average Bonchev–Trinajstić information content (AvgIpc) is 2.84. The summed E-state index contributed by atoms with van der Waals surface area (Å²) >= 11 is 5.87. The Morgan fingerprint density at radius 2 is 2.22 bits per heavy atom. The Labute approximate surface area is 110 Å². The van der Waals surface area contributed by atoms with E-state index in [0.717, 1.165) is 5.69 Å². The Kier molecular flexibility index (Phi) is 3.89. The molecular weight excluding hydrogens is 254 g/mol. The number of esters is 1. The van der Waals surface area contributed by atoms with Crippen LogP contribution in [0, 0.1) is 0 Å². The molecule has 0 atom stereocenters. The van der Waals surface area contributed by atoms with Crippen molar-refractivity contribution in [3.63, 3.8) is 0 Å². The van der Waals surface area contributed by atoms with Crippen molar-refractivity contribution in [1.29, 1.82) is 0 Å². The summed E-state index contributed by atoms with van der Waals surface area (Å²) in [4.78, 5) is 11.2. The van der Waals surface area contributed by atoms with Gasteiger partial charge in [0.2, 0.25) is 5.76 Å². The molecule has 18 heavy (non-hydrogen) atoms. The minimum Gasteiger partial charge on any atom is -0.463 e. The first kappa shape index (κ1) is 12.5. The van der Waals surface area contributed by atoms with E-state index in [4.69, 9.17) is 16.0 Å². The van der Waals surface area contributed by atoms with Crippen LogP contribution in [-0.2, 0) is 11.3 Å². The number of nitrogens with one attached hydrogen (secondary N) is 1.